The van der Waals surface area contributed by atoms with Gasteiger partial charge in [0.25, 0.3) is 0 Å². The summed E-state index contributed by atoms with van der Waals surface area (Å²) < 4.78 is 5.47. The smallest absolute Gasteiger partial charge is 0.310 e. The van der Waals surface area contributed by atoms with Gasteiger partial charge in [0.15, 0.2) is 5.75 Å². The summed E-state index contributed by atoms with van der Waals surface area (Å²) >= 11 is 0. The predicted molar refractivity (Wildman–Crippen MR) is 74.9 cm³/mol. The van der Waals surface area contributed by atoms with Gasteiger partial charge in [0.05, 0.1) is 4.92 Å². The molecule has 2 rings (SSSR count). The Labute approximate surface area is 115 Å². The van der Waals surface area contributed by atoms with Crippen molar-refractivity contribution in [2.24, 2.45) is 5.73 Å². The molecule has 0 aromatic heterocycles. The van der Waals surface area contributed by atoms with Crippen LogP contribution in [0, 0.1) is 15.5 Å². The summed E-state index contributed by atoms with van der Waals surface area (Å²) in [7, 11) is 0. The van der Waals surface area contributed by atoms with Crippen LogP contribution >= 0.6 is 0 Å². The number of nitrogens with zero attached hydrogens (tertiary/aromatic N) is 1. The third kappa shape index (κ3) is 3.11. The van der Waals surface area contributed by atoms with Crippen molar-refractivity contribution >= 4 is 11.5 Å². The summed E-state index contributed by atoms with van der Waals surface area (Å²) in [6.45, 7) is 0.173. The molecule has 20 heavy (non-hydrogen) atoms. The second-order valence-electron chi connectivity index (χ2n) is 4.13. The number of nitro benzene ring substituents is 1. The molecule has 6 heteroatoms. The van der Waals surface area contributed by atoms with Crippen molar-refractivity contribution in [3.8, 4) is 5.75 Å². The fourth-order valence-corrected chi connectivity index (χ4v) is 1.72. The molecule has 6 nitrogen and oxygen atoms in total. The first-order valence-corrected chi connectivity index (χ1v) is 5.87. The van der Waals surface area contributed by atoms with Gasteiger partial charge in [0.1, 0.15) is 12.4 Å². The lowest BCUT2D eigenvalue weighted by atomic mass is 10.1. The number of benzene rings is 2. The van der Waals surface area contributed by atoms with Crippen molar-refractivity contribution < 1.29 is 9.66 Å². The van der Waals surface area contributed by atoms with Crippen molar-refractivity contribution in [1.82, 2.24) is 0 Å². The normalized spacial score (nSPS) is 10.0. The number of rotatable bonds is 5. The lowest BCUT2D eigenvalue weighted by Gasteiger charge is -2.07. The van der Waals surface area contributed by atoms with E-state index in [1.54, 1.807) is 42.5 Å². The van der Waals surface area contributed by atoms with Gasteiger partial charge in [-0.2, -0.15) is 0 Å². The number of para-hydroxylation sites is 2. The molecule has 0 saturated carbocycles. The van der Waals surface area contributed by atoms with Crippen LogP contribution in [0.4, 0.5) is 5.69 Å². The van der Waals surface area contributed by atoms with Crippen LogP contribution in [0.5, 0.6) is 5.75 Å². The van der Waals surface area contributed by atoms with Crippen molar-refractivity contribution in [3.63, 3.8) is 0 Å². The molecule has 0 aliphatic heterocycles. The van der Waals surface area contributed by atoms with E-state index in [1.165, 1.54) is 6.07 Å². The molecule has 0 unspecified atom stereocenters. The Morgan fingerprint density at radius 1 is 1.25 bits per heavy atom. The first-order valence-electron chi connectivity index (χ1n) is 5.87. The number of nitrogens with two attached hydrogens (primary N) is 1. The van der Waals surface area contributed by atoms with Gasteiger partial charge < -0.3 is 10.5 Å². The maximum Gasteiger partial charge on any atom is 0.310 e. The average molecular weight is 271 g/mol. The summed E-state index contributed by atoms with van der Waals surface area (Å²) in [5.41, 5.74) is 6.71. The van der Waals surface area contributed by atoms with E-state index in [0.717, 1.165) is 5.56 Å². The summed E-state index contributed by atoms with van der Waals surface area (Å²) in [6, 6.07) is 13.2. The minimum absolute atomic E-state index is 0.0301. The molecule has 0 bridgehead atoms. The van der Waals surface area contributed by atoms with E-state index in [-0.39, 0.29) is 23.9 Å². The van der Waals surface area contributed by atoms with Gasteiger partial charge in [-0.25, -0.2) is 0 Å². The molecule has 0 radical (unpaired) electrons. The molecule has 2 aromatic rings. The van der Waals surface area contributed by atoms with Crippen LogP contribution in [-0.4, -0.2) is 10.8 Å². The van der Waals surface area contributed by atoms with E-state index in [0.29, 0.717) is 5.56 Å². The third-order valence-corrected chi connectivity index (χ3v) is 2.69. The van der Waals surface area contributed by atoms with E-state index in [1.807, 2.05) is 0 Å². The topological polar surface area (TPSA) is 102 Å². The Morgan fingerprint density at radius 2 is 2.00 bits per heavy atom. The van der Waals surface area contributed by atoms with E-state index in [2.05, 4.69) is 0 Å². The highest BCUT2D eigenvalue weighted by Gasteiger charge is 2.13. The number of hydrogen-bond donors (Lipinski definition) is 2. The van der Waals surface area contributed by atoms with Crippen LogP contribution in [0.2, 0.25) is 0 Å². The first-order chi connectivity index (χ1) is 9.58. The van der Waals surface area contributed by atoms with Crippen molar-refractivity contribution in [2.45, 2.75) is 6.61 Å². The number of nitrogens with one attached hydrogen (secondary N) is 1. The highest BCUT2D eigenvalue weighted by molar-refractivity contribution is 5.95. The maximum absolute atomic E-state index is 10.9. The van der Waals surface area contributed by atoms with Gasteiger partial charge in [0.2, 0.25) is 0 Å². The average Bonchev–Trinajstić information content (AvgIpc) is 2.45. The Balaban J connectivity index is 2.15. The molecule has 2 aromatic carbocycles. The molecule has 3 N–H and O–H groups in total. The highest BCUT2D eigenvalue weighted by atomic mass is 16.6. The highest BCUT2D eigenvalue weighted by Crippen LogP contribution is 2.26. The van der Waals surface area contributed by atoms with Gasteiger partial charge in [-0.15, -0.1) is 0 Å². The van der Waals surface area contributed by atoms with Crippen LogP contribution < -0.4 is 10.5 Å². The zero-order valence-corrected chi connectivity index (χ0v) is 10.6. The van der Waals surface area contributed by atoms with Gasteiger partial charge >= 0.3 is 5.69 Å². The van der Waals surface area contributed by atoms with Crippen LogP contribution in [0.25, 0.3) is 0 Å². The third-order valence-electron chi connectivity index (χ3n) is 2.69. The fourth-order valence-electron chi connectivity index (χ4n) is 1.72. The van der Waals surface area contributed by atoms with Crippen LogP contribution in [0.1, 0.15) is 11.1 Å². The van der Waals surface area contributed by atoms with Gasteiger partial charge in [-0.1, -0.05) is 30.3 Å². The molecule has 0 heterocycles. The van der Waals surface area contributed by atoms with Gasteiger partial charge in [-0.05, 0) is 17.7 Å². The summed E-state index contributed by atoms with van der Waals surface area (Å²) in [5.74, 6) is 0.184. The number of ether oxygens (including phenoxy) is 1. The van der Waals surface area contributed by atoms with Gasteiger partial charge in [-0.3, -0.25) is 15.5 Å². The van der Waals surface area contributed by atoms with E-state index >= 15 is 0 Å². The lowest BCUT2D eigenvalue weighted by Crippen LogP contribution is -2.11. The molecule has 0 fully saturated rings. The Kier molecular flexibility index (Phi) is 3.95. The first kappa shape index (κ1) is 13.5. The van der Waals surface area contributed by atoms with Crippen molar-refractivity contribution in [2.75, 3.05) is 0 Å². The summed E-state index contributed by atoms with van der Waals surface area (Å²) in [5, 5.41) is 18.2. The van der Waals surface area contributed by atoms with Crippen LogP contribution in [-0.2, 0) is 6.61 Å². The number of hydrogen-bond acceptors (Lipinski definition) is 4. The summed E-state index contributed by atoms with van der Waals surface area (Å²) in [4.78, 5) is 10.4. The zero-order chi connectivity index (χ0) is 14.5. The molecule has 0 amide bonds. The SMILES string of the molecule is N=C(N)c1cccc(COc2ccccc2[N+](=O)[O-])c1. The fraction of sp³-hybridized carbons (Fsp3) is 0.0714. The lowest BCUT2D eigenvalue weighted by molar-refractivity contribution is -0.385. The molecule has 0 aliphatic carbocycles. The molecule has 0 aliphatic rings. The number of nitro groups is 1. The maximum atomic E-state index is 10.9. The Hall–Kier alpha value is -2.89. The number of amidine groups is 1. The summed E-state index contributed by atoms with van der Waals surface area (Å²) in [6.07, 6.45) is 0. The Morgan fingerprint density at radius 3 is 2.70 bits per heavy atom. The van der Waals surface area contributed by atoms with E-state index in [9.17, 15) is 10.1 Å². The Bertz CT molecular complexity index is 656. The van der Waals surface area contributed by atoms with E-state index in [4.69, 9.17) is 15.9 Å². The zero-order valence-electron chi connectivity index (χ0n) is 10.6. The van der Waals surface area contributed by atoms with Crippen LogP contribution in [0.15, 0.2) is 48.5 Å². The quantitative estimate of drug-likeness (QED) is 0.377. The van der Waals surface area contributed by atoms with Crippen molar-refractivity contribution in [1.29, 1.82) is 5.41 Å². The predicted octanol–water partition coefficient (Wildman–Crippen LogP) is 2.46. The monoisotopic (exact) mass is 271 g/mol. The molecular weight excluding hydrogens is 258 g/mol. The standard InChI is InChI=1S/C14H13N3O3/c15-14(16)11-5-3-4-10(8-11)9-20-13-7-2-1-6-12(13)17(18)19/h1-8H,9H2,(H3,15,16). The van der Waals surface area contributed by atoms with Crippen molar-refractivity contribution in [3.05, 3.63) is 69.8 Å². The molecule has 0 atom stereocenters. The second-order valence-corrected chi connectivity index (χ2v) is 4.13. The molecular formula is C14H13N3O3. The van der Waals surface area contributed by atoms with Crippen LogP contribution in [0.3, 0.4) is 0 Å². The largest absolute Gasteiger partial charge is 0.482 e. The number of nitrogen functional groups attached to an aromatic ring is 1. The minimum Gasteiger partial charge on any atom is -0.482 e. The van der Waals surface area contributed by atoms with Gasteiger partial charge in [0, 0.05) is 11.6 Å². The molecule has 0 spiro atoms. The molecule has 102 valence electrons. The molecule has 0 saturated heterocycles. The minimum atomic E-state index is -0.485. The van der Waals surface area contributed by atoms with E-state index < -0.39 is 4.92 Å². The second kappa shape index (κ2) is 5.83.